The fourth-order valence-electron chi connectivity index (χ4n) is 4.38. The molecule has 0 aliphatic carbocycles. The summed E-state index contributed by atoms with van der Waals surface area (Å²) >= 11 is 0. The minimum atomic E-state index is -0.0356. The lowest BCUT2D eigenvalue weighted by atomic mass is 10.1. The van der Waals surface area contributed by atoms with Crippen molar-refractivity contribution in [3.8, 4) is 11.5 Å². The summed E-state index contributed by atoms with van der Waals surface area (Å²) in [5.74, 6) is 1.41. The van der Waals surface area contributed by atoms with E-state index in [0.29, 0.717) is 69.3 Å². The van der Waals surface area contributed by atoms with Gasteiger partial charge in [0.1, 0.15) is 0 Å². The van der Waals surface area contributed by atoms with Gasteiger partial charge >= 0.3 is 0 Å². The number of fused-ring (bicyclic) bond motifs is 2. The number of benzene rings is 2. The second-order valence-corrected chi connectivity index (χ2v) is 8.24. The van der Waals surface area contributed by atoms with Crippen molar-refractivity contribution in [1.29, 1.82) is 0 Å². The average molecular weight is 434 g/mol. The minimum Gasteiger partial charge on any atom is -0.490 e. The van der Waals surface area contributed by atoms with Crippen LogP contribution >= 0.6 is 0 Å². The fraction of sp³-hybridized carbons (Fsp3) is 0.360. The molecule has 7 nitrogen and oxygen atoms in total. The third-order valence-corrected chi connectivity index (χ3v) is 6.20. The van der Waals surface area contributed by atoms with E-state index in [0.717, 1.165) is 17.5 Å². The Morgan fingerprint density at radius 1 is 0.906 bits per heavy atom. The predicted octanol–water partition coefficient (Wildman–Crippen LogP) is 3.25. The number of aryl methyl sites for hydroxylation is 1. The number of para-hydroxylation sites is 1. The molecule has 2 aliphatic rings. The molecule has 0 radical (unpaired) electrons. The van der Waals surface area contributed by atoms with Gasteiger partial charge in [-0.15, -0.1) is 0 Å². The van der Waals surface area contributed by atoms with Gasteiger partial charge in [0.25, 0.3) is 5.91 Å². The lowest BCUT2D eigenvalue weighted by Gasteiger charge is -2.35. The molecule has 1 N–H and O–H groups in total. The molecular formula is C25H27N3O4. The van der Waals surface area contributed by atoms with Crippen LogP contribution in [0.25, 0.3) is 10.9 Å². The van der Waals surface area contributed by atoms with Crippen molar-refractivity contribution in [3.05, 3.63) is 59.8 Å². The fourth-order valence-corrected chi connectivity index (χ4v) is 4.38. The maximum absolute atomic E-state index is 13.0. The first-order valence-electron chi connectivity index (χ1n) is 11.2. The molecule has 0 spiro atoms. The largest absolute Gasteiger partial charge is 0.490 e. The number of piperazine rings is 1. The highest BCUT2D eigenvalue weighted by Crippen LogP contribution is 2.31. The summed E-state index contributed by atoms with van der Waals surface area (Å²) in [6.07, 6.45) is 4.00. The van der Waals surface area contributed by atoms with Gasteiger partial charge in [-0.3, -0.25) is 9.59 Å². The van der Waals surface area contributed by atoms with E-state index >= 15 is 0 Å². The van der Waals surface area contributed by atoms with Crippen LogP contribution in [0.15, 0.2) is 48.7 Å². The maximum atomic E-state index is 13.0. The normalized spacial score (nSPS) is 16.1. The zero-order chi connectivity index (χ0) is 21.9. The number of rotatable bonds is 4. The topological polar surface area (TPSA) is 74.9 Å². The Morgan fingerprint density at radius 2 is 1.66 bits per heavy atom. The summed E-state index contributed by atoms with van der Waals surface area (Å²) < 4.78 is 11.4. The van der Waals surface area contributed by atoms with E-state index in [1.165, 1.54) is 5.39 Å². The third kappa shape index (κ3) is 4.15. The Kier molecular flexibility index (Phi) is 5.71. The first kappa shape index (κ1) is 20.4. The van der Waals surface area contributed by atoms with E-state index in [-0.39, 0.29) is 11.8 Å². The van der Waals surface area contributed by atoms with Crippen LogP contribution in [0, 0.1) is 0 Å². The van der Waals surface area contributed by atoms with Crippen molar-refractivity contribution in [2.45, 2.75) is 19.3 Å². The molecule has 166 valence electrons. The zero-order valence-corrected chi connectivity index (χ0v) is 18.0. The Morgan fingerprint density at radius 3 is 2.50 bits per heavy atom. The number of amides is 2. The van der Waals surface area contributed by atoms with Crippen LogP contribution in [0.5, 0.6) is 11.5 Å². The van der Waals surface area contributed by atoms with Crippen LogP contribution in [0.1, 0.15) is 28.8 Å². The van der Waals surface area contributed by atoms with Crippen LogP contribution in [0.3, 0.4) is 0 Å². The average Bonchev–Trinajstić information content (AvgIpc) is 3.10. The molecule has 7 heteroatoms. The highest BCUT2D eigenvalue weighted by Gasteiger charge is 2.25. The van der Waals surface area contributed by atoms with Gasteiger partial charge in [-0.25, -0.2) is 0 Å². The highest BCUT2D eigenvalue weighted by atomic mass is 16.5. The quantitative estimate of drug-likeness (QED) is 0.686. The Hall–Kier alpha value is -3.48. The number of hydrogen-bond acceptors (Lipinski definition) is 4. The summed E-state index contributed by atoms with van der Waals surface area (Å²) in [4.78, 5) is 32.7. The molecule has 0 saturated carbocycles. The number of carbonyl (C=O) groups is 2. The smallest absolute Gasteiger partial charge is 0.254 e. The van der Waals surface area contributed by atoms with Gasteiger partial charge in [-0.2, -0.15) is 0 Å². The number of H-pyrrole nitrogens is 1. The molecule has 5 rings (SSSR count). The lowest BCUT2D eigenvalue weighted by molar-refractivity contribution is -0.132. The number of ether oxygens (including phenoxy) is 2. The third-order valence-electron chi connectivity index (χ3n) is 6.20. The summed E-state index contributed by atoms with van der Waals surface area (Å²) in [6, 6.07) is 13.5. The Bertz CT molecular complexity index is 1130. The molecule has 0 atom stereocenters. The summed E-state index contributed by atoms with van der Waals surface area (Å²) in [7, 11) is 0. The van der Waals surface area contributed by atoms with Crippen LogP contribution in [-0.4, -0.2) is 66.0 Å². The molecule has 2 aromatic carbocycles. The van der Waals surface area contributed by atoms with Gasteiger partial charge in [0.15, 0.2) is 11.5 Å². The first-order chi connectivity index (χ1) is 15.7. The molecule has 1 fully saturated rings. The summed E-state index contributed by atoms with van der Waals surface area (Å²) in [6.45, 7) is 3.39. The molecule has 0 bridgehead atoms. The van der Waals surface area contributed by atoms with Gasteiger partial charge < -0.3 is 24.3 Å². The number of carbonyl (C=O) groups excluding carboxylic acids is 2. The number of nitrogens with zero attached hydrogens (tertiary/aromatic N) is 2. The standard InChI is InChI=1S/C25H27N3O4/c29-24(9-7-19-17-26-21-5-2-1-4-20(19)21)27-10-12-28(13-11-27)25(30)18-6-8-22-23(16-18)32-15-3-14-31-22/h1-2,4-6,8,16-17,26H,3,7,9-15H2. The lowest BCUT2D eigenvalue weighted by Crippen LogP contribution is -2.50. The van der Waals surface area contributed by atoms with E-state index in [1.807, 2.05) is 34.2 Å². The van der Waals surface area contributed by atoms with Gasteiger partial charge in [0, 0.05) is 61.7 Å². The molecule has 3 heterocycles. The van der Waals surface area contributed by atoms with Crippen molar-refractivity contribution in [2.24, 2.45) is 0 Å². The number of nitrogens with one attached hydrogen (secondary N) is 1. The van der Waals surface area contributed by atoms with E-state index in [1.54, 1.807) is 18.2 Å². The molecular weight excluding hydrogens is 406 g/mol. The van der Waals surface area contributed by atoms with E-state index in [2.05, 4.69) is 11.1 Å². The zero-order valence-electron chi connectivity index (χ0n) is 18.0. The molecule has 2 amide bonds. The Labute approximate surface area is 186 Å². The summed E-state index contributed by atoms with van der Waals surface area (Å²) in [5.41, 5.74) is 2.85. The number of hydrogen-bond donors (Lipinski definition) is 1. The molecule has 3 aromatic rings. The van der Waals surface area contributed by atoms with Crippen molar-refractivity contribution < 1.29 is 19.1 Å². The van der Waals surface area contributed by atoms with Gasteiger partial charge in [-0.05, 0) is 36.2 Å². The van der Waals surface area contributed by atoms with Crippen molar-refractivity contribution in [2.75, 3.05) is 39.4 Å². The summed E-state index contributed by atoms with van der Waals surface area (Å²) in [5, 5.41) is 1.17. The second kappa shape index (κ2) is 8.94. The predicted molar refractivity (Wildman–Crippen MR) is 121 cm³/mol. The number of aromatic amines is 1. The SMILES string of the molecule is O=C(CCc1c[nH]c2ccccc12)N1CCN(C(=O)c2ccc3c(c2)OCCCO3)CC1. The van der Waals surface area contributed by atoms with E-state index in [9.17, 15) is 9.59 Å². The second-order valence-electron chi connectivity index (χ2n) is 8.24. The molecule has 0 unspecified atom stereocenters. The van der Waals surface area contributed by atoms with Gasteiger partial charge in [-0.1, -0.05) is 18.2 Å². The minimum absolute atomic E-state index is 0.0356. The van der Waals surface area contributed by atoms with Crippen LogP contribution < -0.4 is 9.47 Å². The van der Waals surface area contributed by atoms with Crippen LogP contribution in [-0.2, 0) is 11.2 Å². The van der Waals surface area contributed by atoms with Crippen molar-refractivity contribution >= 4 is 22.7 Å². The van der Waals surface area contributed by atoms with Crippen LogP contribution in [0.2, 0.25) is 0 Å². The van der Waals surface area contributed by atoms with Crippen molar-refractivity contribution in [3.63, 3.8) is 0 Å². The van der Waals surface area contributed by atoms with Crippen molar-refractivity contribution in [1.82, 2.24) is 14.8 Å². The first-order valence-corrected chi connectivity index (χ1v) is 11.2. The highest BCUT2D eigenvalue weighted by molar-refractivity contribution is 5.95. The van der Waals surface area contributed by atoms with Crippen LogP contribution in [0.4, 0.5) is 0 Å². The molecule has 1 aromatic heterocycles. The van der Waals surface area contributed by atoms with Gasteiger partial charge in [0.2, 0.25) is 5.91 Å². The van der Waals surface area contributed by atoms with Gasteiger partial charge in [0.05, 0.1) is 13.2 Å². The maximum Gasteiger partial charge on any atom is 0.254 e. The Balaban J connectivity index is 1.15. The van der Waals surface area contributed by atoms with E-state index < -0.39 is 0 Å². The molecule has 1 saturated heterocycles. The monoisotopic (exact) mass is 433 g/mol. The van der Waals surface area contributed by atoms with E-state index in [4.69, 9.17) is 9.47 Å². The molecule has 2 aliphatic heterocycles. The molecule has 32 heavy (non-hydrogen) atoms. The number of aromatic nitrogens is 1.